The Morgan fingerprint density at radius 2 is 1.65 bits per heavy atom. The Bertz CT molecular complexity index is 2660. The number of rotatable bonds is 11. The van der Waals surface area contributed by atoms with Gasteiger partial charge in [-0.05, 0) is 85.3 Å². The number of aliphatic hydroxyl groups is 2. The van der Waals surface area contributed by atoms with E-state index < -0.39 is 23.6 Å². The van der Waals surface area contributed by atoms with Gasteiger partial charge in [-0.1, -0.05) is 51.0 Å². The number of terminal acetylenes is 1. The van der Waals surface area contributed by atoms with Crippen molar-refractivity contribution >= 4 is 40.9 Å². The van der Waals surface area contributed by atoms with Crippen LogP contribution in [0.3, 0.4) is 0 Å². The zero-order valence-corrected chi connectivity index (χ0v) is 41.6. The van der Waals surface area contributed by atoms with Crippen LogP contribution in [0.5, 0.6) is 5.75 Å². The molecule has 4 aromatic rings. The zero-order chi connectivity index (χ0) is 50.3. The van der Waals surface area contributed by atoms with E-state index >= 15 is 0 Å². The zero-order valence-electron chi connectivity index (χ0n) is 41.6. The van der Waals surface area contributed by atoms with Gasteiger partial charge in [0.25, 0.3) is 0 Å². The van der Waals surface area contributed by atoms with Crippen molar-refractivity contribution in [2.45, 2.75) is 109 Å². The standard InChI is InChI=1S/C54H68N12O6/c1-5-34-10-12-35(13-11-34)26-56-50(71)45-22-41(68)32-66(45)51(72)47(53(2,3)4)59-49(70)36-14-16-54(17-15-36)24-37(25-54)64-20-18-62(31-40(64)33-67)38-27-57-52(58-28-38)63-19-21-65-39(30-63)29-55-48-44(65)23-43(60-61-48)42-8-6-7-9-46(42)69/h1,6-13,23,27-28,36-37,39-41,45,47,67-69H,14-22,24-26,29-33H2,2-4H3,(H,55,61)(H,56,71)(H,59,70)/t36?,37?,39-,40+,41+,45-,47+,54?/m0/s1. The number of β-amino-alcohol motifs (C(OH)–C–C–N with tert-alkyl or cyclic N) is 1. The number of aromatic nitrogens is 4. The third-order valence-electron chi connectivity index (χ3n) is 16.3. The Labute approximate surface area is 421 Å². The van der Waals surface area contributed by atoms with Crippen molar-refractivity contribution in [2.24, 2.45) is 16.7 Å². The van der Waals surface area contributed by atoms with Crippen molar-refractivity contribution in [1.82, 2.24) is 40.6 Å². The van der Waals surface area contributed by atoms with Crippen molar-refractivity contribution in [2.75, 3.05) is 79.0 Å². The van der Waals surface area contributed by atoms with Crippen molar-refractivity contribution < 1.29 is 29.7 Å². The number of carbonyl (C=O) groups is 3. The maximum Gasteiger partial charge on any atom is 0.246 e. The number of fused-ring (bicyclic) bond motifs is 3. The smallest absolute Gasteiger partial charge is 0.246 e. The summed E-state index contributed by atoms with van der Waals surface area (Å²) in [4.78, 5) is 62.2. The van der Waals surface area contributed by atoms with Crippen molar-refractivity contribution in [3.63, 3.8) is 0 Å². The second-order valence-corrected chi connectivity index (χ2v) is 22.0. The maximum absolute atomic E-state index is 14.3. The molecule has 3 saturated heterocycles. The first-order valence-electron chi connectivity index (χ1n) is 25.7. The molecule has 0 unspecified atom stereocenters. The molecule has 6 heterocycles. The third-order valence-corrected chi connectivity index (χ3v) is 16.3. The van der Waals surface area contributed by atoms with Gasteiger partial charge >= 0.3 is 0 Å². The molecule has 2 aromatic heterocycles. The molecule has 2 aromatic carbocycles. The Morgan fingerprint density at radius 3 is 2.36 bits per heavy atom. The predicted molar refractivity (Wildman–Crippen MR) is 274 cm³/mol. The monoisotopic (exact) mass is 981 g/mol. The lowest BCUT2D eigenvalue weighted by Gasteiger charge is -2.57. The van der Waals surface area contributed by atoms with Crippen molar-refractivity contribution in [1.29, 1.82) is 0 Å². The Balaban J connectivity index is 0.688. The molecule has 5 fully saturated rings. The van der Waals surface area contributed by atoms with Gasteiger partial charge < -0.3 is 50.9 Å². The average molecular weight is 981 g/mol. The van der Waals surface area contributed by atoms with Gasteiger partial charge in [0, 0.05) is 88.4 Å². The van der Waals surface area contributed by atoms with Gasteiger partial charge in [-0.25, -0.2) is 9.97 Å². The van der Waals surface area contributed by atoms with Gasteiger partial charge in [0.1, 0.15) is 17.8 Å². The van der Waals surface area contributed by atoms with E-state index in [-0.39, 0.29) is 73.0 Å². The number of carbonyl (C=O) groups excluding carboxylic acids is 3. The van der Waals surface area contributed by atoms with E-state index in [0.717, 1.165) is 99.6 Å². The molecule has 18 nitrogen and oxygen atoms in total. The van der Waals surface area contributed by atoms with E-state index in [9.17, 15) is 29.7 Å². The van der Waals surface area contributed by atoms with Gasteiger partial charge in [-0.2, -0.15) is 0 Å². The van der Waals surface area contributed by atoms with Crippen LogP contribution < -0.4 is 30.7 Å². The van der Waals surface area contributed by atoms with Crippen LogP contribution in [0, 0.1) is 29.1 Å². The molecule has 6 N–H and O–H groups in total. The summed E-state index contributed by atoms with van der Waals surface area (Å²) in [6, 6.07) is 15.3. The van der Waals surface area contributed by atoms with Crippen LogP contribution in [0.25, 0.3) is 11.3 Å². The van der Waals surface area contributed by atoms with Crippen LogP contribution in [0.1, 0.15) is 76.8 Å². The first kappa shape index (κ1) is 49.0. The minimum atomic E-state index is -0.871. The molecular weight excluding hydrogens is 913 g/mol. The lowest BCUT2D eigenvalue weighted by molar-refractivity contribution is -0.145. The molecule has 10 rings (SSSR count). The van der Waals surface area contributed by atoms with Gasteiger partial charge in [0.2, 0.25) is 23.7 Å². The molecule has 5 atom stereocenters. The van der Waals surface area contributed by atoms with Gasteiger partial charge in [-0.3, -0.25) is 19.3 Å². The highest BCUT2D eigenvalue weighted by Crippen LogP contribution is 2.55. The second-order valence-electron chi connectivity index (χ2n) is 22.0. The number of nitrogens with one attached hydrogen (secondary N) is 3. The van der Waals surface area contributed by atoms with Crippen LogP contribution in [0.4, 0.5) is 23.1 Å². The molecule has 0 radical (unpaired) electrons. The number of likely N-dealkylation sites (tertiary alicyclic amines) is 1. The Morgan fingerprint density at radius 1 is 0.917 bits per heavy atom. The Kier molecular flexibility index (Phi) is 13.7. The molecule has 6 aliphatic rings. The predicted octanol–water partition coefficient (Wildman–Crippen LogP) is 3.37. The Hall–Kier alpha value is -6.55. The summed E-state index contributed by atoms with van der Waals surface area (Å²) in [5.41, 5.74) is 4.33. The lowest BCUT2D eigenvalue weighted by atomic mass is 9.56. The van der Waals surface area contributed by atoms with E-state index in [1.165, 1.54) is 4.90 Å². The fourth-order valence-corrected chi connectivity index (χ4v) is 12.2. The summed E-state index contributed by atoms with van der Waals surface area (Å²) in [6.07, 6.45) is 14.0. The number of anilines is 4. The molecule has 72 heavy (non-hydrogen) atoms. The van der Waals surface area contributed by atoms with E-state index in [2.05, 4.69) is 51.7 Å². The first-order valence-corrected chi connectivity index (χ1v) is 25.7. The highest BCUT2D eigenvalue weighted by Gasteiger charge is 2.51. The number of nitrogens with zero attached hydrogens (tertiary/aromatic N) is 9. The second kappa shape index (κ2) is 20.2. The van der Waals surface area contributed by atoms with Crippen LogP contribution >= 0.6 is 0 Å². The third kappa shape index (κ3) is 9.98. The lowest BCUT2D eigenvalue weighted by Crippen LogP contribution is -2.63. The fourth-order valence-electron chi connectivity index (χ4n) is 12.2. The molecule has 3 amide bonds. The number of piperazine rings is 2. The van der Waals surface area contributed by atoms with Gasteiger partial charge in [0.05, 0.1) is 54.3 Å². The summed E-state index contributed by atoms with van der Waals surface area (Å²) in [5.74, 6) is 3.13. The van der Waals surface area contributed by atoms with Crippen LogP contribution in [0.2, 0.25) is 0 Å². The number of phenols is 1. The minimum Gasteiger partial charge on any atom is -0.507 e. The number of benzene rings is 2. The normalized spacial score (nSPS) is 26.7. The van der Waals surface area contributed by atoms with Crippen molar-refractivity contribution in [3.8, 4) is 29.4 Å². The average Bonchev–Trinajstić information content (AvgIpc) is 3.79. The summed E-state index contributed by atoms with van der Waals surface area (Å²) >= 11 is 0. The SMILES string of the molecule is C#Cc1ccc(CNC(=O)[C@@H]2C[C@@H](O)CN2C(=O)[C@@H](NC(=O)C2CCC3(CC2)CC(N2CCN(c4cnc(N5CCN6c7cc(-c8ccccc8O)nnc7NC[C@H]6C5)nc4)C[C@@H]2CO)C3)C(C)(C)C)cc1. The van der Waals surface area contributed by atoms with Crippen molar-refractivity contribution in [3.05, 3.63) is 78.1 Å². The molecule has 2 saturated carbocycles. The molecule has 0 bridgehead atoms. The molecule has 2 aliphatic carbocycles. The van der Waals surface area contributed by atoms with E-state index in [4.69, 9.17) is 16.4 Å². The number of hydrogen-bond acceptors (Lipinski definition) is 15. The number of hydrogen-bond donors (Lipinski definition) is 6. The van der Waals surface area contributed by atoms with E-state index in [1.807, 2.05) is 63.5 Å². The topological polar surface area (TPSA) is 216 Å². The minimum absolute atomic E-state index is 0.0189. The van der Waals surface area contributed by atoms with E-state index in [1.54, 1.807) is 24.3 Å². The molecular formula is C54H68N12O6. The summed E-state index contributed by atoms with van der Waals surface area (Å²) in [6.45, 7) is 11.3. The highest BCUT2D eigenvalue weighted by atomic mass is 16.3. The number of aromatic hydroxyl groups is 1. The molecule has 4 aliphatic heterocycles. The number of amides is 3. The fraction of sp³-hybridized carbons (Fsp3) is 0.537. The first-order chi connectivity index (χ1) is 34.7. The van der Waals surface area contributed by atoms with Gasteiger partial charge in [-0.15, -0.1) is 16.6 Å². The maximum atomic E-state index is 14.3. The summed E-state index contributed by atoms with van der Waals surface area (Å²) in [5, 5.41) is 50.1. The van der Waals surface area contributed by atoms with E-state index in [0.29, 0.717) is 36.3 Å². The largest absolute Gasteiger partial charge is 0.507 e. The number of aliphatic hydroxyl groups excluding tert-OH is 2. The van der Waals surface area contributed by atoms with Crippen LogP contribution in [0.15, 0.2) is 67.0 Å². The molecule has 18 heteroatoms. The van der Waals surface area contributed by atoms with Crippen LogP contribution in [-0.2, 0) is 20.9 Å². The quantitative estimate of drug-likeness (QED) is 0.119. The summed E-state index contributed by atoms with van der Waals surface area (Å²) < 4.78 is 0. The summed E-state index contributed by atoms with van der Waals surface area (Å²) in [7, 11) is 0. The van der Waals surface area contributed by atoms with Crippen LogP contribution in [-0.4, -0.2) is 158 Å². The number of para-hydroxylation sites is 1. The molecule has 1 spiro atoms. The highest BCUT2D eigenvalue weighted by molar-refractivity contribution is 5.93. The number of phenolic OH excluding ortho intramolecular Hbond substituents is 1. The molecule has 380 valence electrons. The van der Waals surface area contributed by atoms with Gasteiger partial charge in [0.15, 0.2) is 5.82 Å².